The van der Waals surface area contributed by atoms with Gasteiger partial charge in [0, 0.05) is 6.54 Å². The third-order valence-electron chi connectivity index (χ3n) is 1.63. The highest BCUT2D eigenvalue weighted by Crippen LogP contribution is 2.16. The van der Waals surface area contributed by atoms with Gasteiger partial charge in [0.1, 0.15) is 6.17 Å². The minimum Gasteiger partial charge on any atom is -0.344 e. The summed E-state index contributed by atoms with van der Waals surface area (Å²) in [5, 5.41) is 9.04. The minimum absolute atomic E-state index is 0.481. The first-order chi connectivity index (χ1) is 3.97. The van der Waals surface area contributed by atoms with Gasteiger partial charge in [0.15, 0.2) is 6.34 Å². The molecule has 1 radical (unpaired) electrons. The monoisotopic (exact) mass is 110 g/mol. The van der Waals surface area contributed by atoms with Gasteiger partial charge in [-0.05, 0) is 12.8 Å². The van der Waals surface area contributed by atoms with Crippen LogP contribution >= 0.6 is 0 Å². The van der Waals surface area contributed by atoms with Gasteiger partial charge in [0.05, 0.1) is 0 Å². The fourth-order valence-corrected chi connectivity index (χ4v) is 1.19. The van der Waals surface area contributed by atoms with E-state index in [-0.39, 0.29) is 0 Å². The molecule has 0 amide bonds. The van der Waals surface area contributed by atoms with Crippen LogP contribution in [0.4, 0.5) is 0 Å². The van der Waals surface area contributed by atoms with Crippen LogP contribution in [0.5, 0.6) is 0 Å². The summed E-state index contributed by atoms with van der Waals surface area (Å²) in [5.74, 6) is 0. The van der Waals surface area contributed by atoms with Crippen LogP contribution in [0.15, 0.2) is 5.10 Å². The average molecular weight is 110 g/mol. The highest BCUT2D eigenvalue weighted by atomic mass is 15.6. The van der Waals surface area contributed by atoms with E-state index in [1.54, 1.807) is 0 Å². The van der Waals surface area contributed by atoms with Crippen molar-refractivity contribution in [3.63, 3.8) is 0 Å². The van der Waals surface area contributed by atoms with Gasteiger partial charge < -0.3 is 5.32 Å². The highest BCUT2D eigenvalue weighted by molar-refractivity contribution is 5.56. The lowest BCUT2D eigenvalue weighted by Crippen LogP contribution is -2.29. The average Bonchev–Trinajstić information content (AvgIpc) is 2.15. The fourth-order valence-electron chi connectivity index (χ4n) is 1.19. The predicted octanol–water partition coefficient (Wildman–Crippen LogP) is -0.168. The molecule has 0 aromatic carbocycles. The van der Waals surface area contributed by atoms with E-state index in [0.717, 1.165) is 6.54 Å². The SMILES string of the molecule is [C]1=NN2CCC[C@H]2N1. The molecule has 0 aromatic rings. The van der Waals surface area contributed by atoms with Gasteiger partial charge in [-0.1, -0.05) is 0 Å². The van der Waals surface area contributed by atoms with Crippen molar-refractivity contribution in [3.05, 3.63) is 0 Å². The Balaban J connectivity index is 2.13. The summed E-state index contributed by atoms with van der Waals surface area (Å²) < 4.78 is 0. The van der Waals surface area contributed by atoms with Gasteiger partial charge in [-0.2, -0.15) is 5.10 Å². The predicted molar refractivity (Wildman–Crippen MR) is 30.3 cm³/mol. The van der Waals surface area contributed by atoms with Crippen LogP contribution in [0.1, 0.15) is 12.8 Å². The number of hydrazone groups is 1. The summed E-state index contributed by atoms with van der Waals surface area (Å²) in [6.45, 7) is 1.10. The topological polar surface area (TPSA) is 27.6 Å². The van der Waals surface area contributed by atoms with Crippen LogP contribution in [0.3, 0.4) is 0 Å². The highest BCUT2D eigenvalue weighted by Gasteiger charge is 2.25. The molecule has 1 fully saturated rings. The lowest BCUT2D eigenvalue weighted by Gasteiger charge is -2.11. The Morgan fingerprint density at radius 2 is 2.75 bits per heavy atom. The fraction of sp³-hybridized carbons (Fsp3) is 0.800. The molecule has 1 N–H and O–H groups in total. The van der Waals surface area contributed by atoms with Gasteiger partial charge in [-0.25, -0.2) is 0 Å². The number of nitrogens with one attached hydrogen (secondary N) is 1. The lowest BCUT2D eigenvalue weighted by atomic mass is 10.3. The molecule has 0 bridgehead atoms. The van der Waals surface area contributed by atoms with Crippen LogP contribution in [-0.4, -0.2) is 24.1 Å². The van der Waals surface area contributed by atoms with Gasteiger partial charge in [-0.15, -0.1) is 0 Å². The van der Waals surface area contributed by atoms with Crippen molar-refractivity contribution in [3.8, 4) is 0 Å². The Kier molecular flexibility index (Phi) is 0.716. The molecule has 3 nitrogen and oxygen atoms in total. The van der Waals surface area contributed by atoms with E-state index < -0.39 is 0 Å². The molecule has 0 aromatic heterocycles. The zero-order valence-electron chi connectivity index (χ0n) is 4.59. The zero-order chi connectivity index (χ0) is 5.40. The van der Waals surface area contributed by atoms with Gasteiger partial charge in [0.2, 0.25) is 0 Å². The van der Waals surface area contributed by atoms with Crippen molar-refractivity contribution in [1.82, 2.24) is 10.3 Å². The van der Waals surface area contributed by atoms with Crippen molar-refractivity contribution in [1.29, 1.82) is 0 Å². The second-order valence-corrected chi connectivity index (χ2v) is 2.18. The number of hydrogen-bond acceptors (Lipinski definition) is 3. The third-order valence-corrected chi connectivity index (χ3v) is 1.63. The van der Waals surface area contributed by atoms with Crippen LogP contribution < -0.4 is 5.32 Å². The molecule has 0 unspecified atom stereocenters. The molecular formula is C5H8N3. The van der Waals surface area contributed by atoms with Gasteiger partial charge in [-0.3, -0.25) is 5.01 Å². The van der Waals surface area contributed by atoms with E-state index in [2.05, 4.69) is 16.8 Å². The maximum Gasteiger partial charge on any atom is 0.192 e. The number of nitrogens with zero attached hydrogens (tertiary/aromatic N) is 2. The Bertz CT molecular complexity index is 121. The maximum absolute atomic E-state index is 3.97. The first kappa shape index (κ1) is 4.18. The largest absolute Gasteiger partial charge is 0.344 e. The number of hydrogen-bond donors (Lipinski definition) is 1. The van der Waals surface area contributed by atoms with E-state index in [9.17, 15) is 0 Å². The first-order valence-corrected chi connectivity index (χ1v) is 2.94. The molecule has 8 heavy (non-hydrogen) atoms. The van der Waals surface area contributed by atoms with Crippen LogP contribution in [-0.2, 0) is 0 Å². The molecular weight excluding hydrogens is 102 g/mol. The molecule has 3 heteroatoms. The van der Waals surface area contributed by atoms with E-state index >= 15 is 0 Å². The van der Waals surface area contributed by atoms with Crippen molar-refractivity contribution in [2.75, 3.05) is 6.54 Å². The van der Waals surface area contributed by atoms with Crippen LogP contribution in [0.25, 0.3) is 0 Å². The quantitative estimate of drug-likeness (QED) is 0.469. The Labute approximate surface area is 48.4 Å². The van der Waals surface area contributed by atoms with Gasteiger partial charge >= 0.3 is 0 Å². The summed E-state index contributed by atoms with van der Waals surface area (Å²) in [4.78, 5) is 0. The molecule has 43 valence electrons. The van der Waals surface area contributed by atoms with Crippen molar-refractivity contribution < 1.29 is 0 Å². The molecule has 0 aliphatic carbocycles. The number of fused-ring (bicyclic) bond motifs is 1. The first-order valence-electron chi connectivity index (χ1n) is 2.94. The summed E-state index contributed by atoms with van der Waals surface area (Å²) in [6.07, 6.45) is 5.69. The van der Waals surface area contributed by atoms with E-state index in [1.807, 2.05) is 5.01 Å². The van der Waals surface area contributed by atoms with Crippen molar-refractivity contribution in [2.45, 2.75) is 19.0 Å². The summed E-state index contributed by atoms with van der Waals surface area (Å²) in [7, 11) is 0. The molecule has 1 saturated heterocycles. The molecule has 1 atom stereocenters. The van der Waals surface area contributed by atoms with Crippen molar-refractivity contribution in [2.24, 2.45) is 5.10 Å². The molecule has 2 aliphatic heterocycles. The molecule has 0 saturated carbocycles. The van der Waals surface area contributed by atoms with E-state index in [4.69, 9.17) is 0 Å². The third kappa shape index (κ3) is 0.412. The van der Waals surface area contributed by atoms with Crippen molar-refractivity contribution >= 4 is 6.34 Å². The second kappa shape index (κ2) is 1.37. The van der Waals surface area contributed by atoms with Crippen LogP contribution in [0.2, 0.25) is 0 Å². The molecule has 0 spiro atoms. The van der Waals surface area contributed by atoms with E-state index in [1.165, 1.54) is 12.8 Å². The lowest BCUT2D eigenvalue weighted by molar-refractivity contribution is 0.282. The summed E-state index contributed by atoms with van der Waals surface area (Å²) in [6, 6.07) is 0. The maximum atomic E-state index is 3.97. The van der Waals surface area contributed by atoms with Crippen LogP contribution in [0, 0.1) is 0 Å². The van der Waals surface area contributed by atoms with Gasteiger partial charge in [0.25, 0.3) is 0 Å². The molecule has 2 rings (SSSR count). The standard InChI is InChI=1S/C5H8N3/c1-2-5-6-4-7-8(5)3-1/h5H,1-3H2,(H,6,7)/t5-/m0/s1. The minimum atomic E-state index is 0.481. The summed E-state index contributed by atoms with van der Waals surface area (Å²) >= 11 is 0. The Hall–Kier alpha value is -0.730. The second-order valence-electron chi connectivity index (χ2n) is 2.18. The molecule has 2 aliphatic rings. The smallest absolute Gasteiger partial charge is 0.192 e. The molecule has 2 heterocycles. The summed E-state index contributed by atoms with van der Waals surface area (Å²) in [5.41, 5.74) is 0. The Morgan fingerprint density at radius 3 is 3.62 bits per heavy atom. The van der Waals surface area contributed by atoms with E-state index in [0.29, 0.717) is 6.17 Å². The normalized spacial score (nSPS) is 33.0. The zero-order valence-corrected chi connectivity index (χ0v) is 4.59. The Morgan fingerprint density at radius 1 is 1.75 bits per heavy atom. The number of rotatable bonds is 0.